The summed E-state index contributed by atoms with van der Waals surface area (Å²) in [5.74, 6) is 0.0203. The van der Waals surface area contributed by atoms with Crippen molar-refractivity contribution in [2.45, 2.75) is 0 Å². The van der Waals surface area contributed by atoms with E-state index in [1.807, 2.05) is 115 Å². The molecule has 158 valence electrons. The van der Waals surface area contributed by atoms with Crippen LogP contribution >= 0.6 is 0 Å². The highest BCUT2D eigenvalue weighted by Gasteiger charge is 2.16. The average molecular weight is 426 g/mol. The molecule has 2 heteroatoms. The molecule has 0 atom stereocenters. The predicted molar refractivity (Wildman–Crippen MR) is 136 cm³/mol. The highest BCUT2D eigenvalue weighted by atomic mass is 16.1. The van der Waals surface area contributed by atoms with Crippen LogP contribution < -0.4 is 4.90 Å². The van der Waals surface area contributed by atoms with Gasteiger partial charge in [-0.3, -0.25) is 4.79 Å². The van der Waals surface area contributed by atoms with Crippen molar-refractivity contribution in [1.29, 1.82) is 0 Å². The van der Waals surface area contributed by atoms with Gasteiger partial charge in [0.15, 0.2) is 5.78 Å². The summed E-state index contributed by atoms with van der Waals surface area (Å²) in [6.45, 7) is 0. The van der Waals surface area contributed by atoms with E-state index >= 15 is 0 Å². The van der Waals surface area contributed by atoms with Crippen LogP contribution in [0, 0.1) is 0 Å². The second-order valence-corrected chi connectivity index (χ2v) is 7.79. The molecule has 0 saturated heterocycles. The van der Waals surface area contributed by atoms with Crippen molar-refractivity contribution in [3.05, 3.63) is 151 Å². The van der Waals surface area contributed by atoms with Gasteiger partial charge >= 0.3 is 0 Å². The first-order valence-corrected chi connectivity index (χ1v) is 11.0. The van der Waals surface area contributed by atoms with Crippen LogP contribution in [0.15, 0.2) is 140 Å². The monoisotopic (exact) mass is 425 g/mol. The molecule has 0 aliphatic heterocycles. The SMILES string of the molecule is O=C(c1ccc(N(c2ccccc2)c2ccccc2)cc1)c1ccccc1-c1ccccc1. The molecule has 0 unspecified atom stereocenters. The van der Waals surface area contributed by atoms with E-state index in [1.54, 1.807) is 0 Å². The first-order valence-electron chi connectivity index (χ1n) is 11.0. The highest BCUT2D eigenvalue weighted by Crippen LogP contribution is 2.34. The summed E-state index contributed by atoms with van der Waals surface area (Å²) in [5, 5.41) is 0. The van der Waals surface area contributed by atoms with E-state index in [2.05, 4.69) is 29.2 Å². The van der Waals surface area contributed by atoms with Gasteiger partial charge in [0.25, 0.3) is 0 Å². The molecule has 0 heterocycles. The van der Waals surface area contributed by atoms with Crippen molar-refractivity contribution in [1.82, 2.24) is 0 Å². The van der Waals surface area contributed by atoms with E-state index in [-0.39, 0.29) is 5.78 Å². The Labute approximate surface area is 194 Å². The molecule has 0 aliphatic rings. The summed E-state index contributed by atoms with van der Waals surface area (Å²) in [7, 11) is 0. The van der Waals surface area contributed by atoms with E-state index in [1.165, 1.54) is 0 Å². The molecule has 0 amide bonds. The number of ketones is 1. The third-order valence-corrected chi connectivity index (χ3v) is 5.67. The number of para-hydroxylation sites is 2. The van der Waals surface area contributed by atoms with E-state index in [0.717, 1.165) is 28.2 Å². The zero-order valence-electron chi connectivity index (χ0n) is 18.1. The number of hydrogen-bond acceptors (Lipinski definition) is 2. The van der Waals surface area contributed by atoms with Gasteiger partial charge in [-0.05, 0) is 59.7 Å². The zero-order valence-corrected chi connectivity index (χ0v) is 18.1. The Kier molecular flexibility index (Phi) is 5.81. The van der Waals surface area contributed by atoms with Gasteiger partial charge in [-0.2, -0.15) is 0 Å². The predicted octanol–water partition coefficient (Wildman–Crippen LogP) is 8.05. The molecule has 0 N–H and O–H groups in total. The van der Waals surface area contributed by atoms with Gasteiger partial charge in [0, 0.05) is 28.2 Å². The smallest absolute Gasteiger partial charge is 0.193 e. The zero-order chi connectivity index (χ0) is 22.5. The number of carbonyl (C=O) groups is 1. The first kappa shape index (κ1) is 20.5. The van der Waals surface area contributed by atoms with Gasteiger partial charge in [0.1, 0.15) is 0 Å². The fourth-order valence-electron chi connectivity index (χ4n) is 4.07. The Balaban J connectivity index is 1.51. The van der Waals surface area contributed by atoms with Crippen molar-refractivity contribution < 1.29 is 4.79 Å². The van der Waals surface area contributed by atoms with Crippen molar-refractivity contribution >= 4 is 22.8 Å². The van der Waals surface area contributed by atoms with Crippen molar-refractivity contribution in [2.75, 3.05) is 4.90 Å². The lowest BCUT2D eigenvalue weighted by atomic mass is 9.94. The average Bonchev–Trinajstić information content (AvgIpc) is 2.91. The fourth-order valence-corrected chi connectivity index (χ4v) is 4.07. The van der Waals surface area contributed by atoms with Gasteiger partial charge < -0.3 is 4.90 Å². The van der Waals surface area contributed by atoms with E-state index < -0.39 is 0 Å². The molecule has 0 aromatic heterocycles. The van der Waals surface area contributed by atoms with Gasteiger partial charge in [-0.15, -0.1) is 0 Å². The van der Waals surface area contributed by atoms with Crippen LogP contribution in [0.2, 0.25) is 0 Å². The number of benzene rings is 5. The molecule has 0 saturated carbocycles. The highest BCUT2D eigenvalue weighted by molar-refractivity contribution is 6.13. The minimum atomic E-state index is 0.0203. The summed E-state index contributed by atoms with van der Waals surface area (Å²) in [6, 6.07) is 46.2. The van der Waals surface area contributed by atoms with Gasteiger partial charge in [0.2, 0.25) is 0 Å². The Hall–Kier alpha value is -4.43. The number of carbonyl (C=O) groups excluding carboxylic acids is 1. The standard InChI is InChI=1S/C31H23NO/c33-31(30-19-11-10-18-29(30)24-12-4-1-5-13-24)25-20-22-28(23-21-25)32(26-14-6-2-7-15-26)27-16-8-3-9-17-27/h1-23H. The lowest BCUT2D eigenvalue weighted by Gasteiger charge is -2.25. The van der Waals surface area contributed by atoms with Crippen LogP contribution in [0.3, 0.4) is 0 Å². The molecule has 0 radical (unpaired) electrons. The van der Waals surface area contributed by atoms with Gasteiger partial charge in [-0.1, -0.05) is 91.0 Å². The topological polar surface area (TPSA) is 20.3 Å². The molecule has 0 spiro atoms. The lowest BCUT2D eigenvalue weighted by molar-refractivity contribution is 0.103. The molecule has 0 bridgehead atoms. The third-order valence-electron chi connectivity index (χ3n) is 5.67. The summed E-state index contributed by atoms with van der Waals surface area (Å²) in [6.07, 6.45) is 0. The summed E-state index contributed by atoms with van der Waals surface area (Å²) in [4.78, 5) is 15.6. The Morgan fingerprint density at radius 2 is 0.909 bits per heavy atom. The maximum absolute atomic E-state index is 13.4. The van der Waals surface area contributed by atoms with Crippen LogP contribution in [-0.2, 0) is 0 Å². The molecule has 5 aromatic rings. The normalized spacial score (nSPS) is 10.5. The first-order chi connectivity index (χ1) is 16.3. The Morgan fingerprint density at radius 3 is 1.48 bits per heavy atom. The van der Waals surface area contributed by atoms with E-state index in [9.17, 15) is 4.79 Å². The van der Waals surface area contributed by atoms with Crippen LogP contribution in [-0.4, -0.2) is 5.78 Å². The minimum Gasteiger partial charge on any atom is -0.311 e. The Morgan fingerprint density at radius 1 is 0.455 bits per heavy atom. The molecule has 33 heavy (non-hydrogen) atoms. The molecule has 0 aliphatic carbocycles. The lowest BCUT2D eigenvalue weighted by Crippen LogP contribution is -2.10. The Bertz CT molecular complexity index is 1310. The maximum Gasteiger partial charge on any atom is 0.193 e. The van der Waals surface area contributed by atoms with E-state index in [0.29, 0.717) is 11.1 Å². The number of rotatable bonds is 6. The summed E-state index contributed by atoms with van der Waals surface area (Å²) in [5.41, 5.74) is 6.50. The van der Waals surface area contributed by atoms with Crippen LogP contribution in [0.4, 0.5) is 17.1 Å². The maximum atomic E-state index is 13.4. The molecule has 5 aromatic carbocycles. The quantitative estimate of drug-likeness (QED) is 0.256. The molecule has 0 fully saturated rings. The fraction of sp³-hybridized carbons (Fsp3) is 0. The largest absolute Gasteiger partial charge is 0.311 e. The molecular formula is C31H23NO. The van der Waals surface area contributed by atoms with E-state index in [4.69, 9.17) is 0 Å². The van der Waals surface area contributed by atoms with Crippen LogP contribution in [0.25, 0.3) is 11.1 Å². The number of anilines is 3. The second-order valence-electron chi connectivity index (χ2n) is 7.79. The number of hydrogen-bond donors (Lipinski definition) is 0. The molecule has 5 rings (SSSR count). The second kappa shape index (κ2) is 9.37. The van der Waals surface area contributed by atoms with Crippen LogP contribution in [0.5, 0.6) is 0 Å². The summed E-state index contributed by atoms with van der Waals surface area (Å²) >= 11 is 0. The molecular weight excluding hydrogens is 402 g/mol. The summed E-state index contributed by atoms with van der Waals surface area (Å²) < 4.78 is 0. The third kappa shape index (κ3) is 4.32. The minimum absolute atomic E-state index is 0.0203. The van der Waals surface area contributed by atoms with Crippen molar-refractivity contribution in [2.24, 2.45) is 0 Å². The number of nitrogens with zero attached hydrogens (tertiary/aromatic N) is 1. The van der Waals surface area contributed by atoms with Crippen LogP contribution in [0.1, 0.15) is 15.9 Å². The van der Waals surface area contributed by atoms with Crippen molar-refractivity contribution in [3.8, 4) is 11.1 Å². The van der Waals surface area contributed by atoms with Gasteiger partial charge in [0.05, 0.1) is 0 Å². The van der Waals surface area contributed by atoms with Crippen molar-refractivity contribution in [3.63, 3.8) is 0 Å². The van der Waals surface area contributed by atoms with Gasteiger partial charge in [-0.25, -0.2) is 0 Å². The molecule has 2 nitrogen and oxygen atoms in total.